The summed E-state index contributed by atoms with van der Waals surface area (Å²) >= 11 is 6.41. The lowest BCUT2D eigenvalue weighted by Crippen LogP contribution is -2.25. The van der Waals surface area contributed by atoms with Crippen LogP contribution < -0.4 is 4.74 Å². The number of benzene rings is 2. The van der Waals surface area contributed by atoms with Gasteiger partial charge in [-0.25, -0.2) is 4.98 Å². The van der Waals surface area contributed by atoms with Crippen LogP contribution in [0.1, 0.15) is 24.3 Å². The lowest BCUT2D eigenvalue weighted by Gasteiger charge is -2.20. The first-order valence-corrected chi connectivity index (χ1v) is 8.69. The second-order valence-corrected chi connectivity index (χ2v) is 6.39. The van der Waals surface area contributed by atoms with E-state index in [0.717, 1.165) is 16.5 Å². The molecule has 1 aromatic heterocycles. The first-order valence-electron chi connectivity index (χ1n) is 8.31. The van der Waals surface area contributed by atoms with Gasteiger partial charge in [-0.05, 0) is 36.4 Å². The number of hydrogen-bond acceptors (Lipinski definition) is 5. The van der Waals surface area contributed by atoms with Crippen LogP contribution >= 0.6 is 11.6 Å². The van der Waals surface area contributed by atoms with Crippen LogP contribution in [0.4, 0.5) is 0 Å². The molecule has 136 valence electrons. The van der Waals surface area contributed by atoms with Crippen LogP contribution in [-0.2, 0) is 9.53 Å². The molecule has 7 heteroatoms. The molecular formula is C20H16ClN3O3. The van der Waals surface area contributed by atoms with Crippen molar-refractivity contribution in [2.75, 3.05) is 7.11 Å². The number of rotatable bonds is 3. The molecule has 1 aliphatic heterocycles. The van der Waals surface area contributed by atoms with E-state index >= 15 is 0 Å². The van der Waals surface area contributed by atoms with Crippen LogP contribution in [0.5, 0.6) is 5.75 Å². The molecule has 0 bridgehead atoms. The highest BCUT2D eigenvalue weighted by Crippen LogP contribution is 2.35. The van der Waals surface area contributed by atoms with Crippen molar-refractivity contribution in [3.63, 3.8) is 0 Å². The van der Waals surface area contributed by atoms with Gasteiger partial charge in [0.15, 0.2) is 0 Å². The number of methoxy groups -OCH3 is 1. The predicted molar refractivity (Wildman–Crippen MR) is 103 cm³/mol. The van der Waals surface area contributed by atoms with Crippen LogP contribution in [0.15, 0.2) is 59.7 Å². The fourth-order valence-corrected chi connectivity index (χ4v) is 3.15. The molecule has 1 aliphatic rings. The lowest BCUT2D eigenvalue weighted by molar-refractivity contribution is -0.135. The summed E-state index contributed by atoms with van der Waals surface area (Å²) < 4.78 is 11.3. The van der Waals surface area contributed by atoms with Crippen LogP contribution in [0, 0.1) is 0 Å². The maximum atomic E-state index is 12.1. The zero-order valence-corrected chi connectivity index (χ0v) is 15.5. The van der Waals surface area contributed by atoms with Crippen molar-refractivity contribution < 1.29 is 14.3 Å². The summed E-state index contributed by atoms with van der Waals surface area (Å²) in [6, 6.07) is 16.7. The van der Waals surface area contributed by atoms with Crippen molar-refractivity contribution in [1.29, 1.82) is 0 Å². The Kier molecular flexibility index (Phi) is 4.41. The molecule has 1 amide bonds. The van der Waals surface area contributed by atoms with Crippen molar-refractivity contribution in [2.45, 2.75) is 13.2 Å². The molecule has 1 atom stereocenters. The Morgan fingerprint density at radius 2 is 1.96 bits per heavy atom. The predicted octanol–water partition coefficient (Wildman–Crippen LogP) is 4.14. The smallest absolute Gasteiger partial charge is 0.243 e. The van der Waals surface area contributed by atoms with Gasteiger partial charge in [0.05, 0.1) is 18.2 Å². The van der Waals surface area contributed by atoms with Gasteiger partial charge in [-0.15, -0.1) is 5.10 Å². The zero-order chi connectivity index (χ0) is 19.0. The van der Waals surface area contributed by atoms with Gasteiger partial charge in [0.25, 0.3) is 0 Å². The van der Waals surface area contributed by atoms with Crippen molar-refractivity contribution in [2.24, 2.45) is 5.10 Å². The molecule has 0 fully saturated rings. The fraction of sp³-hybridized carbons (Fsp3) is 0.150. The SMILES string of the molecule is COc1ccc2nc(Cl)c(C3OC(c4ccccc4)=NN3C(C)=O)cc2c1. The molecule has 2 heterocycles. The topological polar surface area (TPSA) is 64.0 Å². The van der Waals surface area contributed by atoms with E-state index < -0.39 is 6.23 Å². The van der Waals surface area contributed by atoms with Crippen molar-refractivity contribution in [1.82, 2.24) is 9.99 Å². The van der Waals surface area contributed by atoms with Gasteiger partial charge < -0.3 is 9.47 Å². The highest BCUT2D eigenvalue weighted by atomic mass is 35.5. The Bertz CT molecular complexity index is 1050. The number of carbonyl (C=O) groups excluding carboxylic acids is 1. The van der Waals surface area contributed by atoms with Crippen LogP contribution in [0.25, 0.3) is 10.9 Å². The zero-order valence-electron chi connectivity index (χ0n) is 14.7. The van der Waals surface area contributed by atoms with Crippen LogP contribution in [0.2, 0.25) is 5.15 Å². The lowest BCUT2D eigenvalue weighted by atomic mass is 10.1. The molecule has 3 aromatic rings. The van der Waals surface area contributed by atoms with Crippen LogP contribution in [-0.4, -0.2) is 28.9 Å². The highest BCUT2D eigenvalue weighted by molar-refractivity contribution is 6.30. The minimum Gasteiger partial charge on any atom is -0.497 e. The number of hydrogen-bond donors (Lipinski definition) is 0. The summed E-state index contributed by atoms with van der Waals surface area (Å²) in [5, 5.41) is 6.70. The third kappa shape index (κ3) is 3.19. The highest BCUT2D eigenvalue weighted by Gasteiger charge is 2.35. The maximum Gasteiger partial charge on any atom is 0.243 e. The van der Waals surface area contributed by atoms with Crippen molar-refractivity contribution >= 4 is 34.3 Å². The Hall–Kier alpha value is -3.12. The average molecular weight is 382 g/mol. The third-order valence-electron chi connectivity index (χ3n) is 4.26. The number of fused-ring (bicyclic) bond motifs is 1. The number of hydrazone groups is 1. The first-order chi connectivity index (χ1) is 13.1. The maximum absolute atomic E-state index is 12.1. The first kappa shape index (κ1) is 17.3. The van der Waals surface area contributed by atoms with E-state index in [1.807, 2.05) is 54.6 Å². The normalized spacial score (nSPS) is 16.2. The van der Waals surface area contributed by atoms with Crippen molar-refractivity contribution in [3.05, 3.63) is 70.9 Å². The Morgan fingerprint density at radius 1 is 1.19 bits per heavy atom. The largest absolute Gasteiger partial charge is 0.497 e. The number of carbonyl (C=O) groups is 1. The molecule has 4 rings (SSSR count). The monoisotopic (exact) mass is 381 g/mol. The molecule has 0 radical (unpaired) electrons. The van der Waals surface area contributed by atoms with E-state index in [1.165, 1.54) is 11.9 Å². The Labute approximate surface area is 161 Å². The number of aromatic nitrogens is 1. The van der Waals surface area contributed by atoms with E-state index in [9.17, 15) is 4.79 Å². The van der Waals surface area contributed by atoms with E-state index in [0.29, 0.717) is 17.2 Å². The third-order valence-corrected chi connectivity index (χ3v) is 4.56. The average Bonchev–Trinajstić information content (AvgIpc) is 3.13. The Morgan fingerprint density at radius 3 is 2.67 bits per heavy atom. The summed E-state index contributed by atoms with van der Waals surface area (Å²) in [5.41, 5.74) is 2.06. The standard InChI is InChI=1S/C20H16ClN3O3/c1-12(25)24-20(27-19(23-24)13-6-4-3-5-7-13)16-11-14-10-15(26-2)8-9-17(14)22-18(16)21/h3-11,20H,1-2H3. The molecule has 0 saturated heterocycles. The molecule has 0 saturated carbocycles. The van der Waals surface area contributed by atoms with Crippen molar-refractivity contribution in [3.8, 4) is 5.75 Å². The van der Waals surface area contributed by atoms with E-state index in [1.54, 1.807) is 7.11 Å². The fourth-order valence-electron chi connectivity index (χ4n) is 2.91. The van der Waals surface area contributed by atoms with Gasteiger partial charge in [0.1, 0.15) is 10.9 Å². The van der Waals surface area contributed by atoms with E-state index in [4.69, 9.17) is 21.1 Å². The number of nitrogens with zero attached hydrogens (tertiary/aromatic N) is 3. The molecule has 1 unspecified atom stereocenters. The minimum absolute atomic E-state index is 0.257. The second-order valence-electron chi connectivity index (χ2n) is 6.03. The summed E-state index contributed by atoms with van der Waals surface area (Å²) in [5.74, 6) is 0.805. The molecule has 2 aromatic carbocycles. The molecule has 0 N–H and O–H groups in total. The Balaban J connectivity index is 1.77. The molecule has 0 spiro atoms. The molecule has 0 aliphatic carbocycles. The van der Waals surface area contributed by atoms with Gasteiger partial charge in [0.2, 0.25) is 18.0 Å². The molecule has 6 nitrogen and oxygen atoms in total. The summed E-state index contributed by atoms with van der Waals surface area (Å²) in [7, 11) is 1.60. The quantitative estimate of drug-likeness (QED) is 0.640. The summed E-state index contributed by atoms with van der Waals surface area (Å²) in [6.07, 6.45) is -0.784. The van der Waals surface area contributed by atoms with Gasteiger partial charge in [0, 0.05) is 17.9 Å². The number of ether oxygens (including phenoxy) is 2. The minimum atomic E-state index is -0.784. The molecular weight excluding hydrogens is 366 g/mol. The van der Waals surface area contributed by atoms with E-state index in [2.05, 4.69) is 10.1 Å². The van der Waals surface area contributed by atoms with Gasteiger partial charge >= 0.3 is 0 Å². The summed E-state index contributed by atoms with van der Waals surface area (Å²) in [4.78, 5) is 16.6. The summed E-state index contributed by atoms with van der Waals surface area (Å²) in [6.45, 7) is 1.43. The number of amides is 1. The van der Waals surface area contributed by atoms with E-state index in [-0.39, 0.29) is 11.1 Å². The second kappa shape index (κ2) is 6.89. The van der Waals surface area contributed by atoms with Gasteiger partial charge in [-0.2, -0.15) is 5.01 Å². The van der Waals surface area contributed by atoms with Gasteiger partial charge in [-0.3, -0.25) is 4.79 Å². The number of halogens is 1. The number of pyridine rings is 1. The molecule has 27 heavy (non-hydrogen) atoms. The van der Waals surface area contributed by atoms with Gasteiger partial charge in [-0.1, -0.05) is 29.8 Å². The van der Waals surface area contributed by atoms with Crippen LogP contribution in [0.3, 0.4) is 0 Å².